The van der Waals surface area contributed by atoms with Crippen LogP contribution >= 0.6 is 11.8 Å². The van der Waals surface area contributed by atoms with Gasteiger partial charge in [0, 0.05) is 4.90 Å². The molecule has 0 radical (unpaired) electrons. The molecule has 1 amide bonds. The third-order valence-corrected chi connectivity index (χ3v) is 5.26. The largest absolute Gasteiger partial charge is 0.496 e. The Labute approximate surface area is 166 Å². The molecule has 0 aliphatic heterocycles. The van der Waals surface area contributed by atoms with Gasteiger partial charge in [0.05, 0.1) is 18.1 Å². The number of nitrogens with one attached hydrogen (secondary N) is 1. The van der Waals surface area contributed by atoms with Crippen molar-refractivity contribution in [3.05, 3.63) is 94.5 Å². The Kier molecular flexibility index (Phi) is 6.29. The van der Waals surface area contributed by atoms with Gasteiger partial charge in [-0.1, -0.05) is 48.5 Å². The predicted molar refractivity (Wildman–Crippen MR) is 110 cm³/mol. The lowest BCUT2D eigenvalue weighted by Crippen LogP contribution is -2.19. The number of ether oxygens (including phenoxy) is 1. The van der Waals surface area contributed by atoms with Crippen molar-refractivity contribution in [1.29, 1.82) is 0 Å². The van der Waals surface area contributed by atoms with Crippen molar-refractivity contribution in [3.63, 3.8) is 0 Å². The molecule has 0 saturated carbocycles. The van der Waals surface area contributed by atoms with Gasteiger partial charge in [0.1, 0.15) is 16.7 Å². The van der Waals surface area contributed by atoms with Crippen LogP contribution in [0.25, 0.3) is 0 Å². The first-order chi connectivity index (χ1) is 13.6. The van der Waals surface area contributed by atoms with Gasteiger partial charge in [0.2, 0.25) is 5.91 Å². The summed E-state index contributed by atoms with van der Waals surface area (Å²) in [5.41, 5.74) is 0.722. The van der Waals surface area contributed by atoms with E-state index in [1.165, 1.54) is 31.0 Å². The highest BCUT2D eigenvalue weighted by molar-refractivity contribution is 8.00. The van der Waals surface area contributed by atoms with Crippen LogP contribution in [0.3, 0.4) is 0 Å². The maximum Gasteiger partial charge on any atom is 0.296 e. The molecule has 0 aromatic heterocycles. The number of carbonyl (C=O) groups excluding carboxylic acids is 1. The summed E-state index contributed by atoms with van der Waals surface area (Å²) >= 11 is 1.38. The molecule has 28 heavy (non-hydrogen) atoms. The summed E-state index contributed by atoms with van der Waals surface area (Å²) in [7, 11) is 1.43. The summed E-state index contributed by atoms with van der Waals surface area (Å²) < 4.78 is 5.04. The molecule has 0 heterocycles. The smallest absolute Gasteiger partial charge is 0.296 e. The zero-order valence-corrected chi connectivity index (χ0v) is 15.9. The molecular weight excluding hydrogens is 376 g/mol. The maximum absolute atomic E-state index is 13.1. The van der Waals surface area contributed by atoms with Gasteiger partial charge in [-0.25, -0.2) is 0 Å². The van der Waals surface area contributed by atoms with Crippen molar-refractivity contribution < 1.29 is 14.5 Å². The lowest BCUT2D eigenvalue weighted by molar-refractivity contribution is -0.384. The molecule has 0 aliphatic carbocycles. The van der Waals surface area contributed by atoms with Crippen LogP contribution < -0.4 is 10.1 Å². The average Bonchev–Trinajstić information content (AvgIpc) is 2.73. The van der Waals surface area contributed by atoms with Crippen LogP contribution in [0.15, 0.2) is 83.8 Å². The molecule has 6 nitrogen and oxygen atoms in total. The van der Waals surface area contributed by atoms with Crippen LogP contribution in [0.1, 0.15) is 10.8 Å². The van der Waals surface area contributed by atoms with E-state index in [4.69, 9.17) is 4.74 Å². The Morgan fingerprint density at radius 3 is 2.29 bits per heavy atom. The molecule has 1 N–H and O–H groups in total. The Morgan fingerprint density at radius 2 is 1.68 bits per heavy atom. The van der Waals surface area contributed by atoms with E-state index in [1.807, 2.05) is 60.7 Å². The fourth-order valence-corrected chi connectivity index (χ4v) is 3.67. The van der Waals surface area contributed by atoms with E-state index >= 15 is 0 Å². The van der Waals surface area contributed by atoms with Crippen LogP contribution in [0.5, 0.6) is 5.75 Å². The molecule has 0 saturated heterocycles. The van der Waals surface area contributed by atoms with E-state index in [1.54, 1.807) is 6.07 Å². The highest BCUT2D eigenvalue weighted by Crippen LogP contribution is 2.37. The Hall–Kier alpha value is -3.32. The Bertz CT molecular complexity index is 965. The van der Waals surface area contributed by atoms with Gasteiger partial charge in [-0.2, -0.15) is 0 Å². The number of benzene rings is 3. The first kappa shape index (κ1) is 19.4. The fourth-order valence-electron chi connectivity index (χ4n) is 2.63. The van der Waals surface area contributed by atoms with Crippen LogP contribution in [0.2, 0.25) is 0 Å². The second-order valence-electron chi connectivity index (χ2n) is 5.85. The van der Waals surface area contributed by atoms with Gasteiger partial charge in [0.25, 0.3) is 5.69 Å². The predicted octanol–water partition coefficient (Wildman–Crippen LogP) is 5.08. The molecule has 3 rings (SSSR count). The first-order valence-corrected chi connectivity index (χ1v) is 9.36. The van der Waals surface area contributed by atoms with Crippen molar-refractivity contribution in [2.45, 2.75) is 10.1 Å². The number of anilines is 1. The number of nitrogens with zero attached hydrogens (tertiary/aromatic N) is 1. The van der Waals surface area contributed by atoms with E-state index in [-0.39, 0.29) is 17.3 Å². The minimum absolute atomic E-state index is 0.130. The lowest BCUT2D eigenvalue weighted by Gasteiger charge is -2.17. The SMILES string of the molecule is COc1ccc(NC(=O)[C@H](Sc2ccccc2)c2ccccc2)c([N+](=O)[O-])c1. The third-order valence-electron chi connectivity index (χ3n) is 4.00. The molecule has 1 atom stereocenters. The summed E-state index contributed by atoms with van der Waals surface area (Å²) in [6, 6.07) is 23.2. The fraction of sp³-hybridized carbons (Fsp3) is 0.0952. The normalized spacial score (nSPS) is 11.5. The van der Waals surface area contributed by atoms with E-state index in [2.05, 4.69) is 5.32 Å². The number of hydrogen-bond donors (Lipinski definition) is 1. The van der Waals surface area contributed by atoms with Gasteiger partial charge in [-0.05, 0) is 29.8 Å². The maximum atomic E-state index is 13.1. The van der Waals surface area contributed by atoms with Gasteiger partial charge < -0.3 is 10.1 Å². The molecule has 0 aliphatic rings. The zero-order valence-electron chi connectivity index (χ0n) is 15.1. The van der Waals surface area contributed by atoms with E-state index in [0.29, 0.717) is 5.75 Å². The van der Waals surface area contributed by atoms with Crippen LogP contribution in [0, 0.1) is 10.1 Å². The highest BCUT2D eigenvalue weighted by Gasteiger charge is 2.25. The number of amides is 1. The quantitative estimate of drug-likeness (QED) is 0.343. The molecular formula is C21H18N2O4S. The van der Waals surface area contributed by atoms with Gasteiger partial charge in [0.15, 0.2) is 0 Å². The Morgan fingerprint density at radius 1 is 1.04 bits per heavy atom. The number of rotatable bonds is 7. The Balaban J connectivity index is 1.91. The second kappa shape index (κ2) is 9.05. The van der Waals surface area contributed by atoms with Crippen molar-refractivity contribution >= 4 is 29.0 Å². The number of carbonyl (C=O) groups is 1. The van der Waals surface area contributed by atoms with Crippen molar-refractivity contribution in [3.8, 4) is 5.75 Å². The molecule has 3 aromatic carbocycles. The minimum Gasteiger partial charge on any atom is -0.496 e. The summed E-state index contributed by atoms with van der Waals surface area (Å²) in [5, 5.41) is 13.5. The summed E-state index contributed by atoms with van der Waals surface area (Å²) in [5.74, 6) is 0.0105. The third kappa shape index (κ3) is 4.69. The molecule has 142 valence electrons. The van der Waals surface area contributed by atoms with Gasteiger partial charge in [-0.15, -0.1) is 11.8 Å². The van der Waals surface area contributed by atoms with E-state index in [9.17, 15) is 14.9 Å². The number of nitro benzene ring substituents is 1. The van der Waals surface area contributed by atoms with Gasteiger partial charge in [-0.3, -0.25) is 14.9 Å². The van der Waals surface area contributed by atoms with E-state index < -0.39 is 10.2 Å². The number of thioether (sulfide) groups is 1. The van der Waals surface area contributed by atoms with Crippen LogP contribution in [0.4, 0.5) is 11.4 Å². The van der Waals surface area contributed by atoms with Gasteiger partial charge >= 0.3 is 0 Å². The number of hydrogen-bond acceptors (Lipinski definition) is 5. The second-order valence-corrected chi connectivity index (χ2v) is 7.03. The van der Waals surface area contributed by atoms with Crippen molar-refractivity contribution in [2.24, 2.45) is 0 Å². The monoisotopic (exact) mass is 394 g/mol. The topological polar surface area (TPSA) is 81.5 Å². The van der Waals surface area contributed by atoms with Crippen LogP contribution in [-0.2, 0) is 4.79 Å². The standard InChI is InChI=1S/C21H18N2O4S/c1-27-16-12-13-18(19(14-16)23(25)26)22-21(24)20(15-8-4-2-5-9-15)28-17-10-6-3-7-11-17/h2-14,20H,1H3,(H,22,24)/t20-/m1/s1. The van der Waals surface area contributed by atoms with Crippen LogP contribution in [-0.4, -0.2) is 17.9 Å². The highest BCUT2D eigenvalue weighted by atomic mass is 32.2. The number of methoxy groups -OCH3 is 1. The van der Waals surface area contributed by atoms with E-state index in [0.717, 1.165) is 10.5 Å². The summed E-state index contributed by atoms with van der Waals surface area (Å²) in [6.07, 6.45) is 0. The summed E-state index contributed by atoms with van der Waals surface area (Å²) in [4.78, 5) is 24.8. The van der Waals surface area contributed by atoms with Crippen molar-refractivity contribution in [1.82, 2.24) is 0 Å². The zero-order chi connectivity index (χ0) is 19.9. The van der Waals surface area contributed by atoms with Crippen molar-refractivity contribution in [2.75, 3.05) is 12.4 Å². The number of nitro groups is 1. The first-order valence-electron chi connectivity index (χ1n) is 8.48. The molecule has 7 heteroatoms. The molecule has 0 spiro atoms. The molecule has 0 unspecified atom stereocenters. The molecule has 0 fully saturated rings. The minimum atomic E-state index is -0.565. The summed E-state index contributed by atoms with van der Waals surface area (Å²) in [6.45, 7) is 0. The molecule has 0 bridgehead atoms. The average molecular weight is 394 g/mol. The lowest BCUT2D eigenvalue weighted by atomic mass is 10.1. The molecule has 3 aromatic rings.